The molecule has 0 bridgehead atoms. The van der Waals surface area contributed by atoms with Gasteiger partial charge in [0.05, 0.1) is 0 Å². The Hall–Kier alpha value is -2.29. The second kappa shape index (κ2) is 18.1. The van der Waals surface area contributed by atoms with Gasteiger partial charge in [-0.3, -0.25) is 0 Å². The third-order valence-corrected chi connectivity index (χ3v) is 3.44. The summed E-state index contributed by atoms with van der Waals surface area (Å²) >= 11 is 0. The van der Waals surface area contributed by atoms with Crippen molar-refractivity contribution < 1.29 is 15.0 Å². The van der Waals surface area contributed by atoms with Gasteiger partial charge in [-0.15, -0.1) is 0 Å². The zero-order chi connectivity index (χ0) is 18.6. The van der Waals surface area contributed by atoms with E-state index in [9.17, 15) is 9.90 Å². The zero-order valence-electron chi connectivity index (χ0n) is 15.3. The van der Waals surface area contributed by atoms with Crippen LogP contribution in [0, 0.1) is 0 Å². The van der Waals surface area contributed by atoms with Crippen LogP contribution in [0.25, 0.3) is 0 Å². The Morgan fingerprint density at radius 3 is 1.92 bits per heavy atom. The van der Waals surface area contributed by atoms with Gasteiger partial charge in [-0.2, -0.15) is 0 Å². The van der Waals surface area contributed by atoms with Crippen molar-refractivity contribution in [3.8, 4) is 0 Å². The summed E-state index contributed by atoms with van der Waals surface area (Å²) in [6, 6.07) is 0. The molecule has 0 aromatic heterocycles. The SMILES string of the molecule is CCCCCCCCCC=CC=CC=CC=CC=C(O)C=CC(=O)O. The number of carbonyl (C=O) groups is 1. The maximum absolute atomic E-state index is 10.3. The third kappa shape index (κ3) is 19.7. The molecule has 0 aromatic rings. The van der Waals surface area contributed by atoms with Crippen molar-refractivity contribution in [1.29, 1.82) is 0 Å². The summed E-state index contributed by atoms with van der Waals surface area (Å²) in [6.07, 6.45) is 29.3. The summed E-state index contributed by atoms with van der Waals surface area (Å²) in [6.45, 7) is 2.24. The zero-order valence-corrected chi connectivity index (χ0v) is 15.3. The highest BCUT2D eigenvalue weighted by Gasteiger charge is 1.89. The van der Waals surface area contributed by atoms with Gasteiger partial charge in [0.15, 0.2) is 0 Å². The summed E-state index contributed by atoms with van der Waals surface area (Å²) in [5.41, 5.74) is 0. The Labute approximate surface area is 152 Å². The van der Waals surface area contributed by atoms with Gasteiger partial charge in [0.25, 0.3) is 0 Å². The molecule has 0 aromatic carbocycles. The minimum Gasteiger partial charge on any atom is -0.508 e. The van der Waals surface area contributed by atoms with Crippen molar-refractivity contribution >= 4 is 5.97 Å². The second-order valence-corrected chi connectivity index (χ2v) is 5.76. The number of hydrogen-bond acceptors (Lipinski definition) is 2. The lowest BCUT2D eigenvalue weighted by atomic mass is 10.1. The molecule has 0 heterocycles. The van der Waals surface area contributed by atoms with E-state index in [2.05, 4.69) is 19.1 Å². The van der Waals surface area contributed by atoms with Crippen LogP contribution >= 0.6 is 0 Å². The maximum atomic E-state index is 10.3. The molecule has 0 aliphatic heterocycles. The number of allylic oxidation sites excluding steroid dienone is 10. The van der Waals surface area contributed by atoms with Crippen LogP contribution < -0.4 is 0 Å². The molecule has 0 aliphatic carbocycles. The largest absolute Gasteiger partial charge is 0.508 e. The molecule has 3 nitrogen and oxygen atoms in total. The van der Waals surface area contributed by atoms with Gasteiger partial charge in [-0.25, -0.2) is 4.79 Å². The van der Waals surface area contributed by atoms with Gasteiger partial charge < -0.3 is 10.2 Å². The first-order chi connectivity index (χ1) is 12.2. The van der Waals surface area contributed by atoms with E-state index in [4.69, 9.17) is 5.11 Å². The predicted octanol–water partition coefficient (Wildman–Crippen LogP) is 6.43. The standard InChI is InChI=1S/C22H32O3/c1-2-3-4-5-6-7-8-9-10-11-12-13-14-15-16-17-18-21(23)19-20-22(24)25/h10-20,23H,2-9H2,1H3,(H,24,25). The highest BCUT2D eigenvalue weighted by Crippen LogP contribution is 2.08. The van der Waals surface area contributed by atoms with E-state index < -0.39 is 5.97 Å². The number of unbranched alkanes of at least 4 members (excludes halogenated alkanes) is 7. The van der Waals surface area contributed by atoms with Crippen LogP contribution in [0.3, 0.4) is 0 Å². The normalized spacial score (nSPS) is 13.4. The number of aliphatic hydroxyl groups is 1. The minimum absolute atomic E-state index is 0.101. The van der Waals surface area contributed by atoms with Gasteiger partial charge in [-0.05, 0) is 25.0 Å². The second-order valence-electron chi connectivity index (χ2n) is 5.76. The van der Waals surface area contributed by atoms with Crippen molar-refractivity contribution in [2.24, 2.45) is 0 Å². The monoisotopic (exact) mass is 344 g/mol. The molecule has 0 unspecified atom stereocenters. The highest BCUT2D eigenvalue weighted by molar-refractivity contribution is 5.80. The molecule has 0 amide bonds. The summed E-state index contributed by atoms with van der Waals surface area (Å²) in [5.74, 6) is -1.19. The highest BCUT2D eigenvalue weighted by atomic mass is 16.4. The molecule has 2 N–H and O–H groups in total. The topological polar surface area (TPSA) is 57.5 Å². The molecule has 0 saturated heterocycles. The van der Waals surface area contributed by atoms with Crippen molar-refractivity contribution in [3.05, 3.63) is 72.6 Å². The van der Waals surface area contributed by atoms with Gasteiger partial charge in [0.2, 0.25) is 0 Å². The third-order valence-electron chi connectivity index (χ3n) is 3.44. The maximum Gasteiger partial charge on any atom is 0.328 e. The number of carboxylic acids is 1. The number of carboxylic acid groups (broad SMARTS) is 1. The average molecular weight is 344 g/mol. The van der Waals surface area contributed by atoms with Gasteiger partial charge >= 0.3 is 5.97 Å². The summed E-state index contributed by atoms with van der Waals surface area (Å²) in [4.78, 5) is 10.3. The van der Waals surface area contributed by atoms with E-state index in [1.54, 1.807) is 12.2 Å². The quantitative estimate of drug-likeness (QED) is 0.165. The first kappa shape index (κ1) is 22.7. The van der Waals surface area contributed by atoms with E-state index in [0.717, 1.165) is 18.6 Å². The molecule has 0 radical (unpaired) electrons. The smallest absolute Gasteiger partial charge is 0.328 e. The van der Waals surface area contributed by atoms with Crippen LogP contribution in [0.15, 0.2) is 72.6 Å². The van der Waals surface area contributed by atoms with E-state index in [1.165, 1.54) is 51.0 Å². The van der Waals surface area contributed by atoms with Gasteiger partial charge in [0.1, 0.15) is 5.76 Å². The fourth-order valence-corrected chi connectivity index (χ4v) is 2.08. The summed E-state index contributed by atoms with van der Waals surface area (Å²) in [7, 11) is 0. The molecule has 0 atom stereocenters. The van der Waals surface area contributed by atoms with Gasteiger partial charge in [0, 0.05) is 6.08 Å². The number of hydrogen-bond donors (Lipinski definition) is 2. The predicted molar refractivity (Wildman–Crippen MR) is 107 cm³/mol. The van der Waals surface area contributed by atoms with Crippen LogP contribution in [0.1, 0.15) is 58.3 Å². The molecule has 0 saturated carbocycles. The lowest BCUT2D eigenvalue weighted by Gasteiger charge is -1.98. The van der Waals surface area contributed by atoms with Crippen LogP contribution in [0.2, 0.25) is 0 Å². The van der Waals surface area contributed by atoms with Crippen LogP contribution in [-0.2, 0) is 4.79 Å². The Morgan fingerprint density at radius 2 is 1.28 bits per heavy atom. The number of aliphatic hydroxyl groups excluding tert-OH is 1. The van der Waals surface area contributed by atoms with E-state index in [-0.39, 0.29) is 5.76 Å². The number of aliphatic carboxylic acids is 1. The van der Waals surface area contributed by atoms with Crippen molar-refractivity contribution in [2.45, 2.75) is 58.3 Å². The fourth-order valence-electron chi connectivity index (χ4n) is 2.08. The molecule has 0 rings (SSSR count). The fraction of sp³-hybridized carbons (Fsp3) is 0.409. The van der Waals surface area contributed by atoms with Crippen molar-refractivity contribution in [2.75, 3.05) is 0 Å². The molecule has 0 fully saturated rings. The first-order valence-electron chi connectivity index (χ1n) is 9.13. The minimum atomic E-state index is -1.09. The Morgan fingerprint density at radius 1 is 0.720 bits per heavy atom. The Kier molecular flexibility index (Phi) is 16.4. The molecule has 25 heavy (non-hydrogen) atoms. The molecule has 0 aliphatic rings. The lowest BCUT2D eigenvalue weighted by molar-refractivity contribution is -0.131. The van der Waals surface area contributed by atoms with E-state index in [0.29, 0.717) is 0 Å². The van der Waals surface area contributed by atoms with Crippen LogP contribution in [0.4, 0.5) is 0 Å². The molecule has 3 heteroatoms. The van der Waals surface area contributed by atoms with Crippen molar-refractivity contribution in [1.82, 2.24) is 0 Å². The Balaban J connectivity index is 3.72. The Bertz CT molecular complexity index is 505. The summed E-state index contributed by atoms with van der Waals surface area (Å²) in [5, 5.41) is 17.7. The molecular weight excluding hydrogens is 312 g/mol. The van der Waals surface area contributed by atoms with E-state index in [1.807, 2.05) is 24.3 Å². The van der Waals surface area contributed by atoms with Gasteiger partial charge in [-0.1, -0.05) is 94.1 Å². The first-order valence-corrected chi connectivity index (χ1v) is 9.13. The van der Waals surface area contributed by atoms with E-state index >= 15 is 0 Å². The molecule has 138 valence electrons. The molecule has 0 spiro atoms. The number of rotatable bonds is 14. The lowest BCUT2D eigenvalue weighted by Crippen LogP contribution is -1.86. The average Bonchev–Trinajstić information content (AvgIpc) is 2.59. The summed E-state index contributed by atoms with van der Waals surface area (Å²) < 4.78 is 0. The van der Waals surface area contributed by atoms with Crippen LogP contribution in [0.5, 0.6) is 0 Å². The van der Waals surface area contributed by atoms with Crippen LogP contribution in [-0.4, -0.2) is 16.2 Å². The van der Waals surface area contributed by atoms with Crippen molar-refractivity contribution in [3.63, 3.8) is 0 Å². The molecular formula is C22H32O3.